The van der Waals surface area contributed by atoms with E-state index >= 15 is 0 Å². The molecule has 2 unspecified atom stereocenters. The molecule has 1 saturated heterocycles. The summed E-state index contributed by atoms with van der Waals surface area (Å²) in [6.07, 6.45) is 3.88. The first-order valence-electron chi connectivity index (χ1n) is 8.07. The van der Waals surface area contributed by atoms with E-state index in [1.165, 1.54) is 42.5 Å². The van der Waals surface area contributed by atoms with Gasteiger partial charge in [-0.25, -0.2) is 0 Å². The fourth-order valence-electron chi connectivity index (χ4n) is 3.68. The van der Waals surface area contributed by atoms with Crippen molar-refractivity contribution in [2.75, 3.05) is 13.1 Å². The minimum Gasteiger partial charge on any atom is -0.330 e. The van der Waals surface area contributed by atoms with Crippen molar-refractivity contribution in [1.29, 1.82) is 0 Å². The Morgan fingerprint density at radius 3 is 2.60 bits per heavy atom. The predicted molar refractivity (Wildman–Crippen MR) is 86.9 cm³/mol. The highest BCUT2D eigenvalue weighted by atomic mass is 15.2. The Hall–Kier alpha value is -0.860. The molecule has 20 heavy (non-hydrogen) atoms. The molecule has 1 aromatic rings. The average molecular weight is 274 g/mol. The van der Waals surface area contributed by atoms with Crippen LogP contribution in [0.2, 0.25) is 0 Å². The van der Waals surface area contributed by atoms with E-state index in [1.807, 2.05) is 0 Å². The molecule has 1 aliphatic rings. The molecular formula is C18H30N2. The van der Waals surface area contributed by atoms with Crippen molar-refractivity contribution in [2.24, 2.45) is 11.7 Å². The third kappa shape index (κ3) is 3.24. The van der Waals surface area contributed by atoms with Crippen molar-refractivity contribution in [3.05, 3.63) is 34.9 Å². The molecular weight excluding hydrogens is 244 g/mol. The number of nitrogens with two attached hydrogens (primary N) is 1. The van der Waals surface area contributed by atoms with Crippen molar-refractivity contribution in [3.8, 4) is 0 Å². The maximum atomic E-state index is 6.12. The van der Waals surface area contributed by atoms with Gasteiger partial charge < -0.3 is 5.73 Å². The van der Waals surface area contributed by atoms with Gasteiger partial charge in [-0.05, 0) is 70.7 Å². The molecule has 1 aromatic carbocycles. The van der Waals surface area contributed by atoms with Crippen LogP contribution < -0.4 is 5.73 Å². The van der Waals surface area contributed by atoms with E-state index < -0.39 is 0 Å². The predicted octanol–water partition coefficient (Wildman–Crippen LogP) is 3.81. The van der Waals surface area contributed by atoms with Gasteiger partial charge in [0.1, 0.15) is 0 Å². The lowest BCUT2D eigenvalue weighted by Gasteiger charge is -2.38. The second-order valence-electron chi connectivity index (χ2n) is 6.63. The third-order valence-corrected chi connectivity index (χ3v) is 4.76. The summed E-state index contributed by atoms with van der Waals surface area (Å²) in [5.74, 6) is 0.585. The molecule has 1 fully saturated rings. The molecule has 2 N–H and O–H groups in total. The van der Waals surface area contributed by atoms with Gasteiger partial charge in [-0.3, -0.25) is 4.90 Å². The quantitative estimate of drug-likeness (QED) is 0.908. The van der Waals surface area contributed by atoms with Gasteiger partial charge in [0.15, 0.2) is 0 Å². The van der Waals surface area contributed by atoms with Gasteiger partial charge in [-0.15, -0.1) is 0 Å². The molecule has 112 valence electrons. The van der Waals surface area contributed by atoms with Gasteiger partial charge in [0, 0.05) is 12.1 Å². The standard InChI is InChI=1S/C18H30N2/c1-13(2)20-10-6-5-7-16(12-19)18(20)17-9-8-14(3)11-15(17)4/h8-9,11,13,16,18H,5-7,10,12,19H2,1-4H3. The van der Waals surface area contributed by atoms with Gasteiger partial charge in [0.2, 0.25) is 0 Å². The second kappa shape index (κ2) is 6.73. The largest absolute Gasteiger partial charge is 0.330 e. The summed E-state index contributed by atoms with van der Waals surface area (Å²) in [5, 5.41) is 0. The number of aryl methyl sites for hydroxylation is 2. The van der Waals surface area contributed by atoms with Gasteiger partial charge in [0.25, 0.3) is 0 Å². The zero-order valence-corrected chi connectivity index (χ0v) is 13.5. The summed E-state index contributed by atoms with van der Waals surface area (Å²) in [6, 6.07) is 7.96. The highest BCUT2D eigenvalue weighted by Gasteiger charge is 2.32. The fraction of sp³-hybridized carbons (Fsp3) is 0.667. The minimum atomic E-state index is 0.489. The van der Waals surface area contributed by atoms with E-state index in [4.69, 9.17) is 5.73 Å². The van der Waals surface area contributed by atoms with Crippen LogP contribution >= 0.6 is 0 Å². The maximum Gasteiger partial charge on any atom is 0.0393 e. The molecule has 0 aliphatic carbocycles. The molecule has 2 atom stereocenters. The van der Waals surface area contributed by atoms with Crippen LogP contribution in [0, 0.1) is 19.8 Å². The Morgan fingerprint density at radius 2 is 2.00 bits per heavy atom. The van der Waals surface area contributed by atoms with Crippen LogP contribution in [0.5, 0.6) is 0 Å². The Balaban J connectivity index is 2.43. The van der Waals surface area contributed by atoms with Crippen LogP contribution in [0.3, 0.4) is 0 Å². The van der Waals surface area contributed by atoms with E-state index in [0.29, 0.717) is 18.0 Å². The average Bonchev–Trinajstić information content (AvgIpc) is 2.61. The molecule has 0 radical (unpaired) electrons. The normalized spacial score (nSPS) is 24.9. The minimum absolute atomic E-state index is 0.489. The summed E-state index contributed by atoms with van der Waals surface area (Å²) in [7, 11) is 0. The lowest BCUT2D eigenvalue weighted by molar-refractivity contribution is 0.121. The lowest BCUT2D eigenvalue weighted by atomic mass is 9.86. The van der Waals surface area contributed by atoms with Gasteiger partial charge in [0.05, 0.1) is 0 Å². The van der Waals surface area contributed by atoms with E-state index in [2.05, 4.69) is 50.8 Å². The van der Waals surface area contributed by atoms with E-state index in [-0.39, 0.29) is 0 Å². The highest BCUT2D eigenvalue weighted by molar-refractivity contribution is 5.33. The Morgan fingerprint density at radius 1 is 1.25 bits per heavy atom. The first kappa shape index (κ1) is 15.5. The SMILES string of the molecule is Cc1ccc(C2C(CN)CCCCN2C(C)C)c(C)c1. The zero-order valence-electron chi connectivity index (χ0n) is 13.5. The van der Waals surface area contributed by atoms with E-state index in [9.17, 15) is 0 Å². The smallest absolute Gasteiger partial charge is 0.0393 e. The number of hydrogen-bond donors (Lipinski definition) is 1. The van der Waals surface area contributed by atoms with Crippen LogP contribution in [0.4, 0.5) is 0 Å². The number of benzene rings is 1. The molecule has 2 heteroatoms. The second-order valence-corrected chi connectivity index (χ2v) is 6.63. The maximum absolute atomic E-state index is 6.12. The summed E-state index contributed by atoms with van der Waals surface area (Å²) in [4.78, 5) is 2.67. The molecule has 0 aromatic heterocycles. The first-order valence-corrected chi connectivity index (χ1v) is 8.07. The van der Waals surface area contributed by atoms with Crippen molar-refractivity contribution >= 4 is 0 Å². The Labute approximate surface area is 124 Å². The summed E-state index contributed by atoms with van der Waals surface area (Å²) >= 11 is 0. The molecule has 1 heterocycles. The fourth-order valence-corrected chi connectivity index (χ4v) is 3.68. The lowest BCUT2D eigenvalue weighted by Crippen LogP contribution is -2.40. The monoisotopic (exact) mass is 274 g/mol. The number of hydrogen-bond acceptors (Lipinski definition) is 2. The van der Waals surface area contributed by atoms with Crippen molar-refractivity contribution in [1.82, 2.24) is 4.90 Å². The topological polar surface area (TPSA) is 29.3 Å². The van der Waals surface area contributed by atoms with Crippen LogP contribution in [0.25, 0.3) is 0 Å². The Bertz CT molecular complexity index is 439. The van der Waals surface area contributed by atoms with E-state index in [1.54, 1.807) is 0 Å². The highest BCUT2D eigenvalue weighted by Crippen LogP contribution is 2.37. The molecule has 0 saturated carbocycles. The van der Waals surface area contributed by atoms with Gasteiger partial charge >= 0.3 is 0 Å². The molecule has 0 amide bonds. The zero-order chi connectivity index (χ0) is 14.7. The first-order chi connectivity index (χ1) is 9.54. The molecule has 2 nitrogen and oxygen atoms in total. The third-order valence-electron chi connectivity index (χ3n) is 4.76. The van der Waals surface area contributed by atoms with Crippen LogP contribution in [0.1, 0.15) is 55.8 Å². The number of nitrogens with zero attached hydrogens (tertiary/aromatic N) is 1. The van der Waals surface area contributed by atoms with Crippen molar-refractivity contribution in [2.45, 2.75) is 59.0 Å². The molecule has 0 bridgehead atoms. The van der Waals surface area contributed by atoms with Crippen LogP contribution in [-0.4, -0.2) is 24.0 Å². The summed E-state index contributed by atoms with van der Waals surface area (Å²) in [6.45, 7) is 11.0. The van der Waals surface area contributed by atoms with Gasteiger partial charge in [-0.1, -0.05) is 30.2 Å². The van der Waals surface area contributed by atoms with Crippen molar-refractivity contribution < 1.29 is 0 Å². The Kier molecular flexibility index (Phi) is 5.22. The van der Waals surface area contributed by atoms with Crippen LogP contribution in [-0.2, 0) is 0 Å². The number of likely N-dealkylation sites (tertiary alicyclic amines) is 1. The number of rotatable bonds is 3. The molecule has 0 spiro atoms. The van der Waals surface area contributed by atoms with Crippen LogP contribution in [0.15, 0.2) is 18.2 Å². The summed E-state index contributed by atoms with van der Waals surface area (Å²) < 4.78 is 0. The van der Waals surface area contributed by atoms with Crippen molar-refractivity contribution in [3.63, 3.8) is 0 Å². The summed E-state index contributed by atoms with van der Waals surface area (Å²) in [5.41, 5.74) is 10.4. The molecule has 1 aliphatic heterocycles. The van der Waals surface area contributed by atoms with Gasteiger partial charge in [-0.2, -0.15) is 0 Å². The molecule has 2 rings (SSSR count). The van der Waals surface area contributed by atoms with E-state index in [0.717, 1.165) is 6.54 Å².